The third-order valence-corrected chi connectivity index (χ3v) is 4.00. The molecule has 0 aromatic heterocycles. The summed E-state index contributed by atoms with van der Waals surface area (Å²) >= 11 is 12.4. The molecule has 2 aromatic rings. The highest BCUT2D eigenvalue weighted by Crippen LogP contribution is 2.41. The summed E-state index contributed by atoms with van der Waals surface area (Å²) in [5.41, 5.74) is 1.99. The number of nitrogens with zero attached hydrogens (tertiary/aromatic N) is 1. The van der Waals surface area contributed by atoms with E-state index in [9.17, 15) is 4.79 Å². The van der Waals surface area contributed by atoms with E-state index in [0.717, 1.165) is 11.4 Å². The number of hydrogen-bond donors (Lipinski definition) is 0. The fourth-order valence-electron chi connectivity index (χ4n) is 2.41. The summed E-state index contributed by atoms with van der Waals surface area (Å²) in [5, 5.41) is 1.18. The Hall–Kier alpha value is -1.91. The molecule has 0 radical (unpaired) electrons. The zero-order valence-corrected chi connectivity index (χ0v) is 13.3. The molecule has 0 fully saturated rings. The minimum Gasteiger partial charge on any atom is -0.490 e. The topological polar surface area (TPSA) is 38.8 Å². The van der Waals surface area contributed by atoms with Crippen LogP contribution in [0.1, 0.15) is 10.4 Å². The summed E-state index contributed by atoms with van der Waals surface area (Å²) in [6.45, 7) is 1.13. The van der Waals surface area contributed by atoms with Crippen molar-refractivity contribution in [3.05, 3.63) is 52.0 Å². The Labute approximate surface area is 138 Å². The number of ether oxygens (including phenoxy) is 2. The number of esters is 1. The van der Waals surface area contributed by atoms with Crippen molar-refractivity contribution in [2.24, 2.45) is 0 Å². The zero-order chi connectivity index (χ0) is 15.7. The molecule has 0 saturated heterocycles. The third kappa shape index (κ3) is 2.72. The maximum Gasteiger partial charge on any atom is 0.337 e. The van der Waals surface area contributed by atoms with E-state index < -0.39 is 5.97 Å². The van der Waals surface area contributed by atoms with Gasteiger partial charge in [0, 0.05) is 5.02 Å². The molecule has 1 aliphatic heterocycles. The van der Waals surface area contributed by atoms with E-state index in [2.05, 4.69) is 0 Å². The Balaban J connectivity index is 2.10. The van der Waals surface area contributed by atoms with Gasteiger partial charge in [0.1, 0.15) is 12.4 Å². The van der Waals surface area contributed by atoms with E-state index >= 15 is 0 Å². The second-order valence-corrected chi connectivity index (χ2v) is 5.61. The molecule has 0 saturated carbocycles. The van der Waals surface area contributed by atoms with Crippen LogP contribution in [0.25, 0.3) is 0 Å². The highest BCUT2D eigenvalue weighted by Gasteiger charge is 2.23. The number of benzene rings is 2. The van der Waals surface area contributed by atoms with Crippen LogP contribution in [0.4, 0.5) is 11.4 Å². The van der Waals surface area contributed by atoms with Gasteiger partial charge in [-0.05, 0) is 36.4 Å². The second kappa shape index (κ2) is 6.07. The molecule has 1 aliphatic rings. The summed E-state index contributed by atoms with van der Waals surface area (Å²) < 4.78 is 10.4. The first-order valence-electron chi connectivity index (χ1n) is 6.68. The van der Waals surface area contributed by atoms with Crippen molar-refractivity contribution in [3.8, 4) is 5.75 Å². The Morgan fingerprint density at radius 2 is 2.00 bits per heavy atom. The van der Waals surface area contributed by atoms with E-state index in [0.29, 0.717) is 34.5 Å². The Morgan fingerprint density at radius 3 is 2.77 bits per heavy atom. The lowest BCUT2D eigenvalue weighted by atomic mass is 10.1. The first-order valence-corrected chi connectivity index (χ1v) is 7.43. The molecule has 3 rings (SSSR count). The molecular formula is C16H13Cl2NO3. The predicted octanol–water partition coefficient (Wildman–Crippen LogP) is 4.31. The summed E-state index contributed by atoms with van der Waals surface area (Å²) in [6, 6.07) is 10.4. The van der Waals surface area contributed by atoms with Crippen molar-refractivity contribution in [3.63, 3.8) is 0 Å². The van der Waals surface area contributed by atoms with Gasteiger partial charge in [-0.15, -0.1) is 0 Å². The monoisotopic (exact) mass is 337 g/mol. The molecule has 0 amide bonds. The van der Waals surface area contributed by atoms with Gasteiger partial charge in [0.05, 0.1) is 35.6 Å². The molecule has 4 nitrogen and oxygen atoms in total. The van der Waals surface area contributed by atoms with Crippen LogP contribution in [0.15, 0.2) is 36.4 Å². The van der Waals surface area contributed by atoms with Crippen molar-refractivity contribution in [1.29, 1.82) is 0 Å². The number of fused-ring (bicyclic) bond motifs is 1. The standard InChI is InChI=1S/C16H13Cl2NO3/c1-21-16(20)10-2-5-15-14(8-10)19(6-7-22-15)13-9-11(17)3-4-12(13)18/h2-5,8-9H,6-7H2,1H3. The van der Waals surface area contributed by atoms with Gasteiger partial charge in [-0.25, -0.2) is 4.79 Å². The van der Waals surface area contributed by atoms with Crippen LogP contribution >= 0.6 is 23.2 Å². The molecule has 6 heteroatoms. The number of anilines is 2. The van der Waals surface area contributed by atoms with Gasteiger partial charge in [-0.2, -0.15) is 0 Å². The summed E-state index contributed by atoms with van der Waals surface area (Å²) in [6.07, 6.45) is 0. The molecule has 0 spiro atoms. The molecule has 22 heavy (non-hydrogen) atoms. The van der Waals surface area contributed by atoms with Crippen LogP contribution in [0.5, 0.6) is 5.75 Å². The van der Waals surface area contributed by atoms with Gasteiger partial charge >= 0.3 is 5.97 Å². The van der Waals surface area contributed by atoms with Crippen molar-refractivity contribution in [2.75, 3.05) is 25.2 Å². The summed E-state index contributed by atoms with van der Waals surface area (Å²) in [7, 11) is 1.35. The number of halogens is 2. The van der Waals surface area contributed by atoms with Crippen molar-refractivity contribution >= 4 is 40.5 Å². The SMILES string of the molecule is COC(=O)c1ccc2c(c1)N(c1cc(Cl)ccc1Cl)CCO2. The van der Waals surface area contributed by atoms with Gasteiger partial charge in [0.15, 0.2) is 0 Å². The minimum absolute atomic E-state index is 0.398. The third-order valence-electron chi connectivity index (χ3n) is 3.44. The lowest BCUT2D eigenvalue weighted by molar-refractivity contribution is 0.0600. The van der Waals surface area contributed by atoms with Gasteiger partial charge in [0.25, 0.3) is 0 Å². The highest BCUT2D eigenvalue weighted by molar-refractivity contribution is 6.35. The first-order chi connectivity index (χ1) is 10.6. The van der Waals surface area contributed by atoms with Crippen molar-refractivity contribution in [1.82, 2.24) is 0 Å². The molecule has 0 atom stereocenters. The van der Waals surface area contributed by atoms with Crippen LogP contribution in [0.2, 0.25) is 10.0 Å². The van der Waals surface area contributed by atoms with E-state index in [1.165, 1.54) is 7.11 Å². The molecular weight excluding hydrogens is 325 g/mol. The normalized spacial score (nSPS) is 13.3. The number of rotatable bonds is 2. The number of carbonyl (C=O) groups excluding carboxylic acids is 1. The average molecular weight is 338 g/mol. The summed E-state index contributed by atoms with van der Waals surface area (Å²) in [4.78, 5) is 13.7. The lowest BCUT2D eigenvalue weighted by Gasteiger charge is -2.32. The highest BCUT2D eigenvalue weighted by atomic mass is 35.5. The second-order valence-electron chi connectivity index (χ2n) is 4.77. The van der Waals surface area contributed by atoms with E-state index in [1.54, 1.807) is 36.4 Å². The Kier molecular flexibility index (Phi) is 4.14. The fourth-order valence-corrected chi connectivity index (χ4v) is 2.79. The van der Waals surface area contributed by atoms with Crippen LogP contribution in [-0.2, 0) is 4.74 Å². The molecule has 114 valence electrons. The molecule has 1 heterocycles. The largest absolute Gasteiger partial charge is 0.490 e. The average Bonchev–Trinajstić information content (AvgIpc) is 2.55. The van der Waals surface area contributed by atoms with Crippen LogP contribution in [-0.4, -0.2) is 26.2 Å². The van der Waals surface area contributed by atoms with Gasteiger partial charge in [-0.3, -0.25) is 0 Å². The van der Waals surface area contributed by atoms with E-state index in [4.69, 9.17) is 32.7 Å². The quantitative estimate of drug-likeness (QED) is 0.765. The van der Waals surface area contributed by atoms with Crippen LogP contribution < -0.4 is 9.64 Å². The van der Waals surface area contributed by atoms with Gasteiger partial charge < -0.3 is 14.4 Å². The summed E-state index contributed by atoms with van der Waals surface area (Å²) in [5.74, 6) is 0.292. The molecule has 0 aliphatic carbocycles. The van der Waals surface area contributed by atoms with Gasteiger partial charge in [-0.1, -0.05) is 23.2 Å². The number of hydrogen-bond acceptors (Lipinski definition) is 4. The number of methoxy groups -OCH3 is 1. The molecule has 2 aromatic carbocycles. The number of carbonyl (C=O) groups is 1. The van der Waals surface area contributed by atoms with Gasteiger partial charge in [0.2, 0.25) is 0 Å². The van der Waals surface area contributed by atoms with Crippen LogP contribution in [0.3, 0.4) is 0 Å². The fraction of sp³-hybridized carbons (Fsp3) is 0.188. The molecule has 0 unspecified atom stereocenters. The zero-order valence-electron chi connectivity index (χ0n) is 11.8. The molecule has 0 N–H and O–H groups in total. The minimum atomic E-state index is -0.398. The first kappa shape index (κ1) is 15.0. The molecule has 0 bridgehead atoms. The smallest absolute Gasteiger partial charge is 0.337 e. The Bertz CT molecular complexity index is 733. The van der Waals surface area contributed by atoms with Crippen molar-refractivity contribution in [2.45, 2.75) is 0 Å². The predicted molar refractivity (Wildman–Crippen MR) is 86.7 cm³/mol. The van der Waals surface area contributed by atoms with Crippen LogP contribution in [0, 0.1) is 0 Å². The van der Waals surface area contributed by atoms with E-state index in [-0.39, 0.29) is 0 Å². The van der Waals surface area contributed by atoms with E-state index in [1.807, 2.05) is 4.90 Å². The lowest BCUT2D eigenvalue weighted by Crippen LogP contribution is -2.29. The Morgan fingerprint density at radius 1 is 1.18 bits per heavy atom. The maximum absolute atomic E-state index is 11.7. The van der Waals surface area contributed by atoms with Crippen molar-refractivity contribution < 1.29 is 14.3 Å². The maximum atomic E-state index is 11.7.